The first-order chi connectivity index (χ1) is 12.4. The second-order valence-electron chi connectivity index (χ2n) is 6.16. The summed E-state index contributed by atoms with van der Waals surface area (Å²) in [6.45, 7) is 0. The summed E-state index contributed by atoms with van der Waals surface area (Å²) in [7, 11) is 0. The molecule has 26 heavy (non-hydrogen) atoms. The van der Waals surface area contributed by atoms with E-state index in [9.17, 15) is 19.4 Å². The first-order valence-corrected chi connectivity index (χ1v) is 8.60. The minimum atomic E-state index is -1.23. The van der Waals surface area contributed by atoms with E-state index in [0.29, 0.717) is 10.6 Å². The van der Waals surface area contributed by atoms with Crippen molar-refractivity contribution >= 4 is 23.0 Å². The Morgan fingerprint density at radius 3 is 2.73 bits per heavy atom. The molecule has 0 amide bonds. The van der Waals surface area contributed by atoms with Gasteiger partial charge >= 0.3 is 0 Å². The first-order valence-electron chi connectivity index (χ1n) is 8.19. The highest BCUT2D eigenvalue weighted by atomic mass is 32.1. The number of carbonyl (C=O) groups excluding carboxylic acids is 1. The third-order valence-corrected chi connectivity index (χ3v) is 4.72. The van der Waals surface area contributed by atoms with Crippen LogP contribution in [0.5, 0.6) is 5.75 Å². The molecule has 4 nitrogen and oxygen atoms in total. The number of hydrogen-bond acceptors (Lipinski definition) is 4. The third-order valence-electron chi connectivity index (χ3n) is 4.32. The Kier molecular flexibility index (Phi) is 5.44. The SMILES string of the molecule is O=C1CC(c2ccc(O)cc2)C(=S)NC(O)/C1=C\C1=CCC(F)=CC=C1. The topological polar surface area (TPSA) is 69.6 Å². The summed E-state index contributed by atoms with van der Waals surface area (Å²) in [6.07, 6.45) is 6.83. The van der Waals surface area contributed by atoms with Crippen molar-refractivity contribution in [2.75, 3.05) is 0 Å². The number of nitrogens with one attached hydrogen (secondary N) is 1. The third kappa shape index (κ3) is 4.15. The fourth-order valence-electron chi connectivity index (χ4n) is 2.90. The molecular formula is C20H18FNO3S. The molecule has 0 spiro atoms. The zero-order valence-corrected chi connectivity index (χ0v) is 14.7. The minimum Gasteiger partial charge on any atom is -0.508 e. The van der Waals surface area contributed by atoms with E-state index >= 15 is 0 Å². The van der Waals surface area contributed by atoms with Gasteiger partial charge in [0.15, 0.2) is 12.0 Å². The van der Waals surface area contributed by atoms with Crippen LogP contribution in [0.3, 0.4) is 0 Å². The summed E-state index contributed by atoms with van der Waals surface area (Å²) >= 11 is 5.35. The zero-order chi connectivity index (χ0) is 18.7. The molecule has 1 heterocycles. The Morgan fingerprint density at radius 2 is 2.00 bits per heavy atom. The quantitative estimate of drug-likeness (QED) is 0.549. The molecule has 0 bridgehead atoms. The van der Waals surface area contributed by atoms with Crippen LogP contribution in [-0.4, -0.2) is 27.2 Å². The highest BCUT2D eigenvalue weighted by Crippen LogP contribution is 2.28. The summed E-state index contributed by atoms with van der Waals surface area (Å²) in [5, 5.41) is 22.6. The van der Waals surface area contributed by atoms with Crippen molar-refractivity contribution in [3.05, 3.63) is 77.2 Å². The molecule has 1 saturated heterocycles. The van der Waals surface area contributed by atoms with Gasteiger partial charge in [-0.2, -0.15) is 0 Å². The largest absolute Gasteiger partial charge is 0.508 e. The summed E-state index contributed by atoms with van der Waals surface area (Å²) in [5.41, 5.74) is 1.61. The fraction of sp³-hybridized carbons (Fsp3) is 0.200. The van der Waals surface area contributed by atoms with Gasteiger partial charge in [0.1, 0.15) is 11.6 Å². The average molecular weight is 371 g/mol. The number of Topliss-reactive ketones (excluding diaryl/α,β-unsaturated/α-hetero) is 1. The molecule has 3 rings (SSSR count). The molecule has 2 aliphatic rings. The Morgan fingerprint density at radius 1 is 1.27 bits per heavy atom. The molecule has 0 aromatic heterocycles. The fourth-order valence-corrected chi connectivity index (χ4v) is 3.23. The van der Waals surface area contributed by atoms with Gasteiger partial charge < -0.3 is 15.5 Å². The number of hydrogen-bond donors (Lipinski definition) is 3. The number of ketones is 1. The van der Waals surface area contributed by atoms with Crippen LogP contribution in [-0.2, 0) is 4.79 Å². The number of thiocarbonyl (C=S) groups is 1. The van der Waals surface area contributed by atoms with Crippen molar-refractivity contribution in [3.8, 4) is 5.75 Å². The maximum absolute atomic E-state index is 13.3. The van der Waals surface area contributed by atoms with Crippen molar-refractivity contribution in [1.82, 2.24) is 5.32 Å². The Bertz CT molecular complexity index is 852. The normalized spacial score (nSPS) is 25.2. The molecule has 1 aliphatic carbocycles. The van der Waals surface area contributed by atoms with E-state index in [2.05, 4.69) is 5.32 Å². The minimum absolute atomic E-state index is 0.100. The lowest BCUT2D eigenvalue weighted by molar-refractivity contribution is -0.116. The average Bonchev–Trinajstić information content (AvgIpc) is 2.87. The molecule has 1 aromatic rings. The summed E-state index contributed by atoms with van der Waals surface area (Å²) in [5.74, 6) is -0.776. The molecule has 6 heteroatoms. The number of aliphatic hydroxyl groups is 1. The van der Waals surface area contributed by atoms with Crippen molar-refractivity contribution < 1.29 is 19.4 Å². The highest BCUT2D eigenvalue weighted by Gasteiger charge is 2.31. The van der Waals surface area contributed by atoms with Crippen LogP contribution < -0.4 is 5.32 Å². The van der Waals surface area contributed by atoms with E-state index in [1.807, 2.05) is 0 Å². The van der Waals surface area contributed by atoms with E-state index in [-0.39, 0.29) is 35.8 Å². The Hall–Kier alpha value is -2.57. The van der Waals surface area contributed by atoms with Crippen molar-refractivity contribution in [3.63, 3.8) is 0 Å². The second kappa shape index (κ2) is 7.76. The Labute approximate surface area is 156 Å². The van der Waals surface area contributed by atoms with Crippen LogP contribution in [0.1, 0.15) is 24.3 Å². The number of allylic oxidation sites excluding steroid dienone is 7. The maximum atomic E-state index is 13.3. The summed E-state index contributed by atoms with van der Waals surface area (Å²) in [4.78, 5) is 13.1. The van der Waals surface area contributed by atoms with Gasteiger partial charge in [-0.15, -0.1) is 0 Å². The summed E-state index contributed by atoms with van der Waals surface area (Å²) in [6, 6.07) is 6.47. The number of aromatic hydroxyl groups is 1. The van der Waals surface area contributed by atoms with Gasteiger partial charge in [0.25, 0.3) is 0 Å². The van der Waals surface area contributed by atoms with Crippen LogP contribution in [0, 0.1) is 0 Å². The van der Waals surface area contributed by atoms with Crippen molar-refractivity contribution in [1.29, 1.82) is 0 Å². The van der Waals surface area contributed by atoms with Gasteiger partial charge in [-0.05, 0) is 35.4 Å². The van der Waals surface area contributed by atoms with Gasteiger partial charge in [0.2, 0.25) is 0 Å². The molecule has 2 atom stereocenters. The van der Waals surface area contributed by atoms with Crippen LogP contribution in [0.4, 0.5) is 4.39 Å². The molecule has 1 fully saturated rings. The predicted molar refractivity (Wildman–Crippen MR) is 101 cm³/mol. The number of rotatable bonds is 2. The van der Waals surface area contributed by atoms with Crippen molar-refractivity contribution in [2.24, 2.45) is 0 Å². The number of phenols is 1. The van der Waals surface area contributed by atoms with Gasteiger partial charge in [0, 0.05) is 24.3 Å². The van der Waals surface area contributed by atoms with Crippen LogP contribution in [0.15, 0.2) is 71.6 Å². The molecular weight excluding hydrogens is 353 g/mol. The molecule has 0 saturated carbocycles. The van der Waals surface area contributed by atoms with Gasteiger partial charge in [-0.3, -0.25) is 4.79 Å². The molecule has 134 valence electrons. The standard InChI is InChI=1S/C20H18FNO3S/c21-14-3-1-2-12(4-7-14)10-17-18(24)11-16(20(26)22-19(17)25)13-5-8-15(23)9-6-13/h1-6,8-10,16,19,23,25H,7,11H2,(H,22,26)/b17-10-. The number of phenolic OH excluding ortho intramolecular Hbond substituents is 1. The van der Waals surface area contributed by atoms with E-state index in [1.165, 1.54) is 18.2 Å². The summed E-state index contributed by atoms with van der Waals surface area (Å²) < 4.78 is 13.3. The molecule has 2 unspecified atom stereocenters. The van der Waals surface area contributed by atoms with Gasteiger partial charge in [0.05, 0.1) is 4.99 Å². The predicted octanol–water partition coefficient (Wildman–Crippen LogP) is 3.35. The zero-order valence-electron chi connectivity index (χ0n) is 13.9. The molecule has 1 aromatic carbocycles. The first kappa shape index (κ1) is 18.2. The number of aliphatic hydroxyl groups excluding tert-OH is 1. The van der Waals surface area contributed by atoms with Crippen molar-refractivity contribution in [2.45, 2.75) is 25.0 Å². The van der Waals surface area contributed by atoms with E-state index < -0.39 is 12.1 Å². The number of carbonyl (C=O) groups is 1. The van der Waals surface area contributed by atoms with Gasteiger partial charge in [-0.25, -0.2) is 4.39 Å². The van der Waals surface area contributed by atoms with Gasteiger partial charge in [-0.1, -0.05) is 42.6 Å². The van der Waals surface area contributed by atoms with E-state index in [0.717, 1.165) is 5.56 Å². The Balaban J connectivity index is 1.88. The van der Waals surface area contributed by atoms with E-state index in [1.54, 1.807) is 36.4 Å². The van der Waals surface area contributed by atoms with E-state index in [4.69, 9.17) is 12.2 Å². The lowest BCUT2D eigenvalue weighted by Crippen LogP contribution is -2.35. The number of halogens is 1. The van der Waals surface area contributed by atoms with Crippen LogP contribution in [0.25, 0.3) is 0 Å². The molecule has 1 aliphatic heterocycles. The second-order valence-corrected chi connectivity index (χ2v) is 6.60. The number of benzene rings is 1. The molecule has 3 N–H and O–H groups in total. The molecule has 0 radical (unpaired) electrons. The van der Waals surface area contributed by atoms with Crippen LogP contribution in [0.2, 0.25) is 0 Å². The highest BCUT2D eigenvalue weighted by molar-refractivity contribution is 7.80. The monoisotopic (exact) mass is 371 g/mol. The lowest BCUT2D eigenvalue weighted by atomic mass is 9.92. The smallest absolute Gasteiger partial charge is 0.164 e. The lowest BCUT2D eigenvalue weighted by Gasteiger charge is -2.17. The maximum Gasteiger partial charge on any atom is 0.164 e. The van der Waals surface area contributed by atoms with Crippen LogP contribution >= 0.6 is 12.2 Å².